The molecule has 1 aromatic rings. The molecular formula is C14H12N2O6. The first-order valence-electron chi connectivity index (χ1n) is 6.20. The molecule has 0 saturated carbocycles. The molecule has 0 amide bonds. The fourth-order valence-corrected chi connectivity index (χ4v) is 1.78. The topological polar surface area (TPSA) is 108 Å². The van der Waals surface area contributed by atoms with E-state index in [1.807, 2.05) is 0 Å². The molecule has 0 radical (unpaired) electrons. The molecule has 8 heteroatoms. The van der Waals surface area contributed by atoms with Gasteiger partial charge < -0.3 is 14.8 Å². The Morgan fingerprint density at radius 2 is 1.91 bits per heavy atom. The van der Waals surface area contributed by atoms with Crippen LogP contribution in [-0.2, 0) is 14.3 Å². The molecule has 8 nitrogen and oxygen atoms in total. The minimum Gasteiger partial charge on any atom is -0.466 e. The van der Waals surface area contributed by atoms with E-state index in [0.29, 0.717) is 0 Å². The Labute approximate surface area is 125 Å². The number of methoxy groups -OCH3 is 1. The van der Waals surface area contributed by atoms with Gasteiger partial charge in [-0.3, -0.25) is 10.1 Å². The Morgan fingerprint density at radius 3 is 2.55 bits per heavy atom. The van der Waals surface area contributed by atoms with Crippen LogP contribution in [0.2, 0.25) is 0 Å². The van der Waals surface area contributed by atoms with Gasteiger partial charge in [-0.15, -0.1) is 0 Å². The minimum atomic E-state index is -0.706. The summed E-state index contributed by atoms with van der Waals surface area (Å²) in [4.78, 5) is 33.5. The quantitative estimate of drug-likeness (QED) is 0.388. The number of dihydropyridines is 1. The number of hydrogen-bond donors (Lipinski definition) is 1. The number of nitro groups is 1. The van der Waals surface area contributed by atoms with Gasteiger partial charge in [-0.05, 0) is 6.07 Å². The number of nitrogens with one attached hydrogen (secondary N) is 1. The number of carbonyl (C=O) groups excluding carboxylic acids is 2. The molecular weight excluding hydrogens is 292 g/mol. The normalized spacial score (nSPS) is 13.3. The van der Waals surface area contributed by atoms with Gasteiger partial charge in [0.15, 0.2) is 0 Å². The summed E-state index contributed by atoms with van der Waals surface area (Å²) in [6.07, 6.45) is 2.87. The second-order valence-electron chi connectivity index (χ2n) is 4.32. The predicted molar refractivity (Wildman–Crippen MR) is 74.7 cm³/mol. The van der Waals surface area contributed by atoms with Crippen molar-refractivity contribution < 1.29 is 24.0 Å². The molecule has 0 spiro atoms. The van der Waals surface area contributed by atoms with E-state index < -0.39 is 16.9 Å². The largest absolute Gasteiger partial charge is 0.466 e. The zero-order chi connectivity index (χ0) is 16.1. The Bertz CT molecular complexity index is 692. The number of carbonyl (C=O) groups is 2. The highest BCUT2D eigenvalue weighted by Gasteiger charge is 2.21. The summed E-state index contributed by atoms with van der Waals surface area (Å²) in [5, 5.41) is 13.3. The number of ether oxygens (including phenoxy) is 2. The zero-order valence-electron chi connectivity index (χ0n) is 11.6. The molecule has 0 fully saturated rings. The van der Waals surface area contributed by atoms with Crippen molar-refractivity contribution in [1.29, 1.82) is 0 Å². The van der Waals surface area contributed by atoms with Crippen LogP contribution in [0, 0.1) is 10.1 Å². The second-order valence-corrected chi connectivity index (χ2v) is 4.32. The zero-order valence-corrected chi connectivity index (χ0v) is 11.6. The van der Waals surface area contributed by atoms with E-state index in [1.54, 1.807) is 0 Å². The van der Waals surface area contributed by atoms with Crippen LogP contribution in [0.25, 0.3) is 0 Å². The van der Waals surface area contributed by atoms with E-state index >= 15 is 0 Å². The third-order valence-corrected chi connectivity index (χ3v) is 2.84. The monoisotopic (exact) mass is 304 g/mol. The highest BCUT2D eigenvalue weighted by Crippen LogP contribution is 2.22. The fraction of sp³-hybridized carbons (Fsp3) is 0.143. The van der Waals surface area contributed by atoms with Crippen molar-refractivity contribution in [3.8, 4) is 5.75 Å². The van der Waals surface area contributed by atoms with Crippen molar-refractivity contribution in [3.05, 3.63) is 57.9 Å². The molecule has 22 heavy (non-hydrogen) atoms. The van der Waals surface area contributed by atoms with Crippen LogP contribution >= 0.6 is 0 Å². The highest BCUT2D eigenvalue weighted by atomic mass is 16.6. The molecule has 1 heterocycles. The summed E-state index contributed by atoms with van der Waals surface area (Å²) in [6.45, 7) is 0. The Kier molecular flexibility index (Phi) is 4.52. The fourth-order valence-electron chi connectivity index (χ4n) is 1.78. The molecule has 0 unspecified atom stereocenters. The van der Waals surface area contributed by atoms with Gasteiger partial charge in [0.1, 0.15) is 5.75 Å². The van der Waals surface area contributed by atoms with E-state index in [-0.39, 0.29) is 29.0 Å². The summed E-state index contributed by atoms with van der Waals surface area (Å²) < 4.78 is 9.65. The van der Waals surface area contributed by atoms with E-state index in [9.17, 15) is 19.7 Å². The lowest BCUT2D eigenvalue weighted by molar-refractivity contribution is -0.384. The summed E-state index contributed by atoms with van der Waals surface area (Å²) in [7, 11) is 1.24. The van der Waals surface area contributed by atoms with Crippen LogP contribution in [0.3, 0.4) is 0 Å². The van der Waals surface area contributed by atoms with Crippen LogP contribution < -0.4 is 10.1 Å². The molecule has 0 aromatic heterocycles. The third kappa shape index (κ3) is 3.48. The molecule has 0 aliphatic carbocycles. The van der Waals surface area contributed by atoms with Crippen molar-refractivity contribution in [2.45, 2.75) is 6.42 Å². The van der Waals surface area contributed by atoms with Crippen molar-refractivity contribution >= 4 is 17.6 Å². The SMILES string of the molecule is COC(=O)C1=CNC=C(C(=O)Oc2cccc([N+](=O)[O-])c2)C1. The number of nitrogens with zero attached hydrogens (tertiary/aromatic N) is 1. The third-order valence-electron chi connectivity index (χ3n) is 2.84. The van der Waals surface area contributed by atoms with Gasteiger partial charge in [0.05, 0.1) is 29.2 Å². The molecule has 1 N–H and O–H groups in total. The number of hydrogen-bond acceptors (Lipinski definition) is 7. The summed E-state index contributed by atoms with van der Waals surface area (Å²) >= 11 is 0. The predicted octanol–water partition coefficient (Wildman–Crippen LogP) is 1.43. The lowest BCUT2D eigenvalue weighted by Crippen LogP contribution is -2.20. The van der Waals surface area contributed by atoms with Crippen molar-refractivity contribution in [1.82, 2.24) is 5.32 Å². The van der Waals surface area contributed by atoms with Crippen LogP contribution in [0.4, 0.5) is 5.69 Å². The first kappa shape index (κ1) is 15.2. The van der Waals surface area contributed by atoms with Gasteiger partial charge in [-0.1, -0.05) is 6.07 Å². The van der Waals surface area contributed by atoms with Crippen LogP contribution in [0.1, 0.15) is 6.42 Å². The smallest absolute Gasteiger partial charge is 0.341 e. The molecule has 0 bridgehead atoms. The number of non-ortho nitro benzene ring substituents is 1. The maximum atomic E-state index is 12.0. The number of nitro benzene ring substituents is 1. The van der Waals surface area contributed by atoms with Gasteiger partial charge >= 0.3 is 11.9 Å². The van der Waals surface area contributed by atoms with Gasteiger partial charge in [-0.25, -0.2) is 9.59 Å². The number of esters is 2. The van der Waals surface area contributed by atoms with E-state index in [4.69, 9.17) is 4.74 Å². The van der Waals surface area contributed by atoms with Crippen LogP contribution in [0.5, 0.6) is 5.75 Å². The van der Waals surface area contributed by atoms with E-state index in [0.717, 1.165) is 6.07 Å². The van der Waals surface area contributed by atoms with Gasteiger partial charge in [0.2, 0.25) is 0 Å². The maximum Gasteiger partial charge on any atom is 0.341 e. The minimum absolute atomic E-state index is 0.0490. The molecule has 1 aromatic carbocycles. The number of benzene rings is 1. The van der Waals surface area contributed by atoms with E-state index in [2.05, 4.69) is 10.1 Å². The van der Waals surface area contributed by atoms with Gasteiger partial charge in [0.25, 0.3) is 5.69 Å². The maximum absolute atomic E-state index is 12.0. The van der Waals surface area contributed by atoms with Crippen LogP contribution in [0.15, 0.2) is 47.8 Å². The molecule has 1 aliphatic heterocycles. The first-order valence-corrected chi connectivity index (χ1v) is 6.20. The first-order chi connectivity index (χ1) is 10.5. The second kappa shape index (κ2) is 6.53. The van der Waals surface area contributed by atoms with Crippen molar-refractivity contribution in [2.75, 3.05) is 7.11 Å². The highest BCUT2D eigenvalue weighted by molar-refractivity contribution is 5.96. The lowest BCUT2D eigenvalue weighted by atomic mass is 10.1. The standard InChI is InChI=1S/C14H12N2O6/c1-21-13(17)9-5-10(8-15-7-9)14(18)22-12-4-2-3-11(6-12)16(19)20/h2-4,6-8,15H,5H2,1H3. The molecule has 114 valence electrons. The molecule has 1 aliphatic rings. The summed E-state index contributed by atoms with van der Waals surface area (Å²) in [5.41, 5.74) is 0.293. The average molecular weight is 304 g/mol. The molecule has 2 rings (SSSR count). The Hall–Kier alpha value is -3.16. The lowest BCUT2D eigenvalue weighted by Gasteiger charge is -2.13. The Balaban J connectivity index is 2.07. The summed E-state index contributed by atoms with van der Waals surface area (Å²) in [5.74, 6) is -1.21. The van der Waals surface area contributed by atoms with E-state index in [1.165, 1.54) is 37.7 Å². The number of rotatable bonds is 4. The molecule has 0 atom stereocenters. The van der Waals surface area contributed by atoms with Crippen LogP contribution in [-0.4, -0.2) is 24.0 Å². The van der Waals surface area contributed by atoms with Gasteiger partial charge in [-0.2, -0.15) is 0 Å². The average Bonchev–Trinajstić information content (AvgIpc) is 2.54. The summed E-state index contributed by atoms with van der Waals surface area (Å²) in [6, 6.07) is 5.27. The van der Waals surface area contributed by atoms with Gasteiger partial charge in [0, 0.05) is 24.9 Å². The van der Waals surface area contributed by atoms with Crippen molar-refractivity contribution in [3.63, 3.8) is 0 Å². The molecule has 0 saturated heterocycles. The van der Waals surface area contributed by atoms with Crippen molar-refractivity contribution in [2.24, 2.45) is 0 Å². The Morgan fingerprint density at radius 1 is 1.23 bits per heavy atom.